The number of rotatable bonds is 7. The first-order valence-electron chi connectivity index (χ1n) is 8.46. The molecular formula is C21H21ClN2O2. The van der Waals surface area contributed by atoms with Crippen molar-refractivity contribution in [2.24, 2.45) is 0 Å². The highest BCUT2D eigenvalue weighted by Crippen LogP contribution is 2.26. The van der Waals surface area contributed by atoms with E-state index in [1.165, 1.54) is 6.08 Å². The molecule has 0 aliphatic carbocycles. The van der Waals surface area contributed by atoms with Crippen LogP contribution in [0.3, 0.4) is 0 Å². The third kappa shape index (κ3) is 5.37. The van der Waals surface area contributed by atoms with Crippen LogP contribution in [0.4, 0.5) is 5.69 Å². The Bertz CT molecular complexity index is 816. The molecule has 1 amide bonds. The summed E-state index contributed by atoms with van der Waals surface area (Å²) >= 11 is 6.12. The molecular weight excluding hydrogens is 348 g/mol. The molecule has 0 spiro atoms. The van der Waals surface area contributed by atoms with Gasteiger partial charge in [-0.3, -0.25) is 4.79 Å². The van der Waals surface area contributed by atoms with Crippen molar-refractivity contribution in [1.82, 2.24) is 0 Å². The van der Waals surface area contributed by atoms with E-state index in [9.17, 15) is 10.1 Å². The molecule has 5 heteroatoms. The maximum Gasteiger partial charge on any atom is 0.266 e. The summed E-state index contributed by atoms with van der Waals surface area (Å²) < 4.78 is 5.61. The van der Waals surface area contributed by atoms with Crippen LogP contribution < -0.4 is 10.1 Å². The Morgan fingerprint density at radius 2 is 2.00 bits per heavy atom. The molecule has 2 aromatic carbocycles. The molecule has 0 fully saturated rings. The van der Waals surface area contributed by atoms with Gasteiger partial charge in [0.25, 0.3) is 5.91 Å². The third-order valence-electron chi connectivity index (χ3n) is 3.78. The van der Waals surface area contributed by atoms with E-state index in [1.54, 1.807) is 12.1 Å². The summed E-state index contributed by atoms with van der Waals surface area (Å²) in [5, 5.41) is 12.5. The van der Waals surface area contributed by atoms with Crippen LogP contribution in [-0.4, -0.2) is 12.5 Å². The van der Waals surface area contributed by atoms with E-state index in [0.717, 1.165) is 29.7 Å². The lowest BCUT2D eigenvalue weighted by molar-refractivity contribution is -0.112. The van der Waals surface area contributed by atoms with Gasteiger partial charge in [-0.05, 0) is 48.7 Å². The minimum atomic E-state index is -0.494. The van der Waals surface area contributed by atoms with E-state index >= 15 is 0 Å². The number of aryl methyl sites for hydroxylation is 1. The Morgan fingerprint density at radius 3 is 2.62 bits per heavy atom. The minimum absolute atomic E-state index is 0.00368. The second-order valence-corrected chi connectivity index (χ2v) is 6.23. The summed E-state index contributed by atoms with van der Waals surface area (Å²) in [5.74, 6) is 0.275. The molecule has 0 saturated carbocycles. The molecule has 134 valence electrons. The Hall–Kier alpha value is -2.77. The lowest BCUT2D eigenvalue weighted by Gasteiger charge is -2.09. The summed E-state index contributed by atoms with van der Waals surface area (Å²) in [4.78, 5) is 12.4. The van der Waals surface area contributed by atoms with Gasteiger partial charge in [-0.25, -0.2) is 0 Å². The quantitative estimate of drug-likeness (QED) is 0.405. The maximum atomic E-state index is 12.4. The van der Waals surface area contributed by atoms with Gasteiger partial charge in [0.2, 0.25) is 0 Å². The molecule has 1 N–H and O–H groups in total. The number of para-hydroxylation sites is 1. The van der Waals surface area contributed by atoms with Crippen molar-refractivity contribution in [2.45, 2.75) is 26.7 Å². The number of nitrogens with one attached hydrogen (secondary N) is 1. The predicted octanol–water partition coefficient (Wildman–Crippen LogP) is 5.37. The summed E-state index contributed by atoms with van der Waals surface area (Å²) in [7, 11) is 0. The van der Waals surface area contributed by atoms with E-state index in [4.69, 9.17) is 16.3 Å². The van der Waals surface area contributed by atoms with Crippen LogP contribution in [0, 0.1) is 18.3 Å². The van der Waals surface area contributed by atoms with E-state index in [2.05, 4.69) is 12.2 Å². The summed E-state index contributed by atoms with van der Waals surface area (Å²) in [6, 6.07) is 14.6. The van der Waals surface area contributed by atoms with E-state index < -0.39 is 5.91 Å². The lowest BCUT2D eigenvalue weighted by Crippen LogP contribution is -2.14. The number of hydrogen-bond acceptors (Lipinski definition) is 3. The number of unbranched alkanes of at least 4 members (excludes halogenated alkanes) is 1. The molecule has 0 atom stereocenters. The summed E-state index contributed by atoms with van der Waals surface area (Å²) in [6.07, 6.45) is 3.62. The number of amides is 1. The number of benzene rings is 2. The molecule has 0 heterocycles. The van der Waals surface area contributed by atoms with Crippen molar-refractivity contribution in [3.8, 4) is 11.8 Å². The normalized spacial score (nSPS) is 10.9. The fourth-order valence-corrected chi connectivity index (χ4v) is 2.55. The zero-order valence-electron chi connectivity index (χ0n) is 14.9. The Labute approximate surface area is 159 Å². The molecule has 0 saturated heterocycles. The highest BCUT2D eigenvalue weighted by atomic mass is 35.5. The maximum absolute atomic E-state index is 12.4. The molecule has 26 heavy (non-hydrogen) atoms. The fourth-order valence-electron chi connectivity index (χ4n) is 2.28. The van der Waals surface area contributed by atoms with E-state index in [-0.39, 0.29) is 5.57 Å². The first-order valence-corrected chi connectivity index (χ1v) is 8.84. The van der Waals surface area contributed by atoms with Crippen LogP contribution in [0.25, 0.3) is 6.08 Å². The van der Waals surface area contributed by atoms with Crippen LogP contribution >= 0.6 is 11.6 Å². The lowest BCUT2D eigenvalue weighted by atomic mass is 10.1. The number of nitrogens with zero attached hydrogens (tertiary/aromatic N) is 1. The van der Waals surface area contributed by atoms with Gasteiger partial charge in [0.05, 0.1) is 17.3 Å². The Balaban J connectivity index is 2.12. The van der Waals surface area contributed by atoms with Gasteiger partial charge in [-0.2, -0.15) is 5.26 Å². The van der Waals surface area contributed by atoms with Gasteiger partial charge >= 0.3 is 0 Å². The molecule has 0 unspecified atom stereocenters. The monoisotopic (exact) mass is 368 g/mol. The third-order valence-corrected chi connectivity index (χ3v) is 4.10. The molecule has 2 aromatic rings. The summed E-state index contributed by atoms with van der Waals surface area (Å²) in [6.45, 7) is 4.62. The number of carbonyl (C=O) groups is 1. The number of hydrogen-bond donors (Lipinski definition) is 1. The van der Waals surface area contributed by atoms with Crippen molar-refractivity contribution < 1.29 is 9.53 Å². The van der Waals surface area contributed by atoms with Crippen molar-refractivity contribution in [3.63, 3.8) is 0 Å². The number of ether oxygens (including phenoxy) is 1. The van der Waals surface area contributed by atoms with Gasteiger partial charge in [0, 0.05) is 0 Å². The topological polar surface area (TPSA) is 62.1 Å². The van der Waals surface area contributed by atoms with Crippen molar-refractivity contribution >= 4 is 29.3 Å². The average Bonchev–Trinajstić information content (AvgIpc) is 2.64. The number of halogens is 1. The number of nitriles is 1. The van der Waals surface area contributed by atoms with Gasteiger partial charge < -0.3 is 10.1 Å². The average molecular weight is 369 g/mol. The fraction of sp³-hybridized carbons (Fsp3) is 0.238. The van der Waals surface area contributed by atoms with E-state index in [0.29, 0.717) is 17.3 Å². The molecule has 0 radical (unpaired) electrons. The standard InChI is InChI=1S/C21H21ClN2O2/c1-3-4-12-26-18-10-8-16(9-11-18)13-17(14-23)21(25)24-20-15(2)6-5-7-19(20)22/h5-11,13H,3-4,12H2,1-2H3,(H,24,25)/b17-13+. The zero-order valence-corrected chi connectivity index (χ0v) is 15.6. The van der Waals surface area contributed by atoms with Crippen LogP contribution in [0.2, 0.25) is 5.02 Å². The SMILES string of the molecule is CCCCOc1ccc(/C=C(\C#N)C(=O)Nc2c(C)cccc2Cl)cc1. The van der Waals surface area contributed by atoms with E-state index in [1.807, 2.05) is 43.3 Å². The first kappa shape index (κ1) is 19.6. The van der Waals surface area contributed by atoms with Crippen LogP contribution in [-0.2, 0) is 4.79 Å². The highest BCUT2D eigenvalue weighted by molar-refractivity contribution is 6.34. The molecule has 0 bridgehead atoms. The molecule has 0 aliphatic heterocycles. The predicted molar refractivity (Wildman–Crippen MR) is 105 cm³/mol. The number of carbonyl (C=O) groups excluding carboxylic acids is 1. The van der Waals surface area contributed by atoms with Gasteiger partial charge in [0.15, 0.2) is 0 Å². The first-order chi connectivity index (χ1) is 12.5. The molecule has 2 rings (SSSR count). The summed E-state index contributed by atoms with van der Waals surface area (Å²) in [5.41, 5.74) is 2.09. The second kappa shape index (κ2) is 9.65. The van der Waals surface area contributed by atoms with Crippen LogP contribution in [0.15, 0.2) is 48.0 Å². The van der Waals surface area contributed by atoms with Crippen molar-refractivity contribution in [3.05, 3.63) is 64.2 Å². The molecule has 4 nitrogen and oxygen atoms in total. The van der Waals surface area contributed by atoms with Crippen molar-refractivity contribution in [1.29, 1.82) is 5.26 Å². The number of anilines is 1. The van der Waals surface area contributed by atoms with Gasteiger partial charge in [0.1, 0.15) is 17.4 Å². The van der Waals surface area contributed by atoms with Crippen LogP contribution in [0.1, 0.15) is 30.9 Å². The Kier molecular flexibility index (Phi) is 7.25. The minimum Gasteiger partial charge on any atom is -0.494 e. The van der Waals surface area contributed by atoms with Crippen molar-refractivity contribution in [2.75, 3.05) is 11.9 Å². The highest BCUT2D eigenvalue weighted by Gasteiger charge is 2.13. The van der Waals surface area contributed by atoms with Gasteiger partial charge in [-0.1, -0.05) is 49.2 Å². The Morgan fingerprint density at radius 1 is 1.27 bits per heavy atom. The molecule has 0 aliphatic rings. The van der Waals surface area contributed by atoms with Crippen LogP contribution in [0.5, 0.6) is 5.75 Å². The van der Waals surface area contributed by atoms with Gasteiger partial charge in [-0.15, -0.1) is 0 Å². The zero-order chi connectivity index (χ0) is 18.9. The molecule has 0 aromatic heterocycles. The largest absolute Gasteiger partial charge is 0.494 e. The smallest absolute Gasteiger partial charge is 0.266 e. The second-order valence-electron chi connectivity index (χ2n) is 5.83.